The van der Waals surface area contributed by atoms with Gasteiger partial charge in [-0.1, -0.05) is 81.5 Å². The molecule has 4 heteroatoms. The fourth-order valence-corrected chi connectivity index (χ4v) is 4.67. The van der Waals surface area contributed by atoms with E-state index in [-0.39, 0.29) is 11.4 Å². The average molecular weight is 461 g/mol. The summed E-state index contributed by atoms with van der Waals surface area (Å²) in [6.07, 6.45) is 7.38. The van der Waals surface area contributed by atoms with Gasteiger partial charge in [0.1, 0.15) is 5.60 Å². The van der Waals surface area contributed by atoms with Gasteiger partial charge in [-0.2, -0.15) is 0 Å². The molecule has 4 nitrogen and oxygen atoms in total. The predicted octanol–water partition coefficient (Wildman–Crippen LogP) is 6.96. The number of ether oxygens (including phenoxy) is 1. The molecule has 0 spiro atoms. The Morgan fingerprint density at radius 1 is 0.971 bits per heavy atom. The lowest BCUT2D eigenvalue weighted by Crippen LogP contribution is -2.46. The Labute approximate surface area is 203 Å². The summed E-state index contributed by atoms with van der Waals surface area (Å²) in [5, 5.41) is 10.3. The maximum Gasteiger partial charge on any atom is 0.338 e. The molecular formula is C30H36O4. The molecule has 180 valence electrons. The van der Waals surface area contributed by atoms with Crippen LogP contribution in [-0.4, -0.2) is 22.6 Å². The fraction of sp³-hybridized carbons (Fsp3) is 0.400. The number of hydrogen-bond donors (Lipinski definition) is 1. The average Bonchev–Trinajstić information content (AvgIpc) is 2.76. The van der Waals surface area contributed by atoms with Crippen LogP contribution in [0.1, 0.15) is 69.4 Å². The van der Waals surface area contributed by atoms with Gasteiger partial charge in [0.15, 0.2) is 0 Å². The highest BCUT2D eigenvalue weighted by Crippen LogP contribution is 2.53. The van der Waals surface area contributed by atoms with Crippen molar-refractivity contribution in [1.29, 1.82) is 0 Å². The first-order chi connectivity index (χ1) is 15.8. The van der Waals surface area contributed by atoms with Gasteiger partial charge >= 0.3 is 11.9 Å². The van der Waals surface area contributed by atoms with Crippen LogP contribution in [0, 0.1) is 16.7 Å². The summed E-state index contributed by atoms with van der Waals surface area (Å²) in [7, 11) is 0. The van der Waals surface area contributed by atoms with Crippen LogP contribution in [-0.2, 0) is 16.0 Å². The summed E-state index contributed by atoms with van der Waals surface area (Å²) < 4.78 is 5.44. The second kappa shape index (κ2) is 9.61. The summed E-state index contributed by atoms with van der Waals surface area (Å²) >= 11 is 0. The molecule has 2 unspecified atom stereocenters. The zero-order valence-electron chi connectivity index (χ0n) is 21.1. The minimum Gasteiger partial charge on any atom is -0.481 e. The molecule has 2 aromatic carbocycles. The summed E-state index contributed by atoms with van der Waals surface area (Å²) in [6, 6.07) is 17.3. The first-order valence-corrected chi connectivity index (χ1v) is 11.8. The standard InChI is InChI=1S/C30H36O4/c1-28(2,3)30(18-16-23(17-19-30)22-10-8-7-9-11-22)25(26(31)32)20-21-12-14-24(15-13-21)27(33)34-29(4,5)6/h7-18,25H,19-20H2,1-6H3,(H,31,32). The first-order valence-electron chi connectivity index (χ1n) is 11.8. The number of aliphatic carboxylic acids is 1. The van der Waals surface area contributed by atoms with Crippen LogP contribution in [0.15, 0.2) is 72.8 Å². The third-order valence-corrected chi connectivity index (χ3v) is 6.67. The maximum absolute atomic E-state index is 12.6. The van der Waals surface area contributed by atoms with Crippen LogP contribution in [0.4, 0.5) is 0 Å². The van der Waals surface area contributed by atoms with E-state index in [9.17, 15) is 14.7 Å². The molecule has 1 aliphatic rings. The summed E-state index contributed by atoms with van der Waals surface area (Å²) in [5.41, 5.74) is 2.20. The van der Waals surface area contributed by atoms with E-state index in [1.54, 1.807) is 12.1 Å². The molecule has 3 rings (SSSR count). The molecular weight excluding hydrogens is 424 g/mol. The molecule has 0 saturated carbocycles. The van der Waals surface area contributed by atoms with Crippen molar-refractivity contribution < 1.29 is 19.4 Å². The van der Waals surface area contributed by atoms with Crippen molar-refractivity contribution in [1.82, 2.24) is 0 Å². The van der Waals surface area contributed by atoms with E-state index in [1.807, 2.05) is 51.1 Å². The van der Waals surface area contributed by atoms with E-state index in [4.69, 9.17) is 4.74 Å². The Hall–Kier alpha value is -3.14. The third-order valence-electron chi connectivity index (χ3n) is 6.67. The lowest BCUT2D eigenvalue weighted by Gasteiger charge is -2.48. The molecule has 0 heterocycles. The molecule has 0 aliphatic heterocycles. The molecule has 0 radical (unpaired) electrons. The Bertz CT molecular complexity index is 1080. The number of allylic oxidation sites excluding steroid dienone is 4. The number of carbonyl (C=O) groups is 2. The molecule has 0 bridgehead atoms. The molecule has 1 aliphatic carbocycles. The Morgan fingerprint density at radius 2 is 1.59 bits per heavy atom. The molecule has 34 heavy (non-hydrogen) atoms. The largest absolute Gasteiger partial charge is 0.481 e. The Kier molecular flexibility index (Phi) is 7.21. The van der Waals surface area contributed by atoms with Crippen LogP contribution in [0.3, 0.4) is 0 Å². The van der Waals surface area contributed by atoms with Crippen LogP contribution < -0.4 is 0 Å². The molecule has 2 aromatic rings. The number of carbonyl (C=O) groups excluding carboxylic acids is 1. The van der Waals surface area contributed by atoms with Gasteiger partial charge in [0.25, 0.3) is 0 Å². The summed E-state index contributed by atoms with van der Waals surface area (Å²) in [5.74, 6) is -1.81. The van der Waals surface area contributed by atoms with Crippen LogP contribution in [0.25, 0.3) is 5.57 Å². The number of rotatable bonds is 6. The van der Waals surface area contributed by atoms with Crippen molar-refractivity contribution in [3.63, 3.8) is 0 Å². The lowest BCUT2D eigenvalue weighted by atomic mass is 9.55. The van der Waals surface area contributed by atoms with Gasteiger partial charge in [0.2, 0.25) is 0 Å². The number of carboxylic acid groups (broad SMARTS) is 1. The summed E-state index contributed by atoms with van der Waals surface area (Å²) in [4.78, 5) is 25.0. The third kappa shape index (κ3) is 5.67. The highest BCUT2D eigenvalue weighted by molar-refractivity contribution is 5.89. The van der Waals surface area contributed by atoms with E-state index in [2.05, 4.69) is 51.1 Å². The molecule has 0 amide bonds. The predicted molar refractivity (Wildman–Crippen MR) is 137 cm³/mol. The van der Waals surface area contributed by atoms with E-state index in [0.29, 0.717) is 18.4 Å². The van der Waals surface area contributed by atoms with E-state index >= 15 is 0 Å². The van der Waals surface area contributed by atoms with E-state index in [1.165, 1.54) is 0 Å². The minimum atomic E-state index is -0.813. The van der Waals surface area contributed by atoms with E-state index in [0.717, 1.165) is 16.7 Å². The van der Waals surface area contributed by atoms with Gasteiger partial charge in [-0.3, -0.25) is 4.79 Å². The van der Waals surface area contributed by atoms with E-state index < -0.39 is 22.9 Å². The van der Waals surface area contributed by atoms with Gasteiger partial charge in [-0.05, 0) is 67.9 Å². The van der Waals surface area contributed by atoms with Gasteiger partial charge in [0.05, 0.1) is 11.5 Å². The van der Waals surface area contributed by atoms with Gasteiger partial charge in [-0.15, -0.1) is 0 Å². The Balaban J connectivity index is 1.88. The maximum atomic E-state index is 12.6. The fourth-order valence-electron chi connectivity index (χ4n) is 4.67. The Morgan fingerprint density at radius 3 is 2.06 bits per heavy atom. The van der Waals surface area contributed by atoms with Crippen LogP contribution in [0.2, 0.25) is 0 Å². The number of hydrogen-bond acceptors (Lipinski definition) is 3. The van der Waals surface area contributed by atoms with Crippen molar-refractivity contribution in [2.45, 2.75) is 60.0 Å². The zero-order chi connectivity index (χ0) is 25.1. The van der Waals surface area contributed by atoms with Gasteiger partial charge in [-0.25, -0.2) is 4.79 Å². The first kappa shape index (κ1) is 25.5. The molecule has 1 N–H and O–H groups in total. The summed E-state index contributed by atoms with van der Waals surface area (Å²) in [6.45, 7) is 11.8. The zero-order valence-corrected chi connectivity index (χ0v) is 21.1. The smallest absolute Gasteiger partial charge is 0.338 e. The molecule has 0 saturated heterocycles. The highest BCUT2D eigenvalue weighted by atomic mass is 16.6. The molecule has 2 atom stereocenters. The monoisotopic (exact) mass is 460 g/mol. The van der Waals surface area contributed by atoms with Crippen molar-refractivity contribution in [3.05, 3.63) is 89.5 Å². The number of carboxylic acids is 1. The second-order valence-electron chi connectivity index (χ2n) is 11.1. The molecule has 0 fully saturated rings. The minimum absolute atomic E-state index is 0.276. The normalized spacial score (nSPS) is 19.3. The highest BCUT2D eigenvalue weighted by Gasteiger charge is 2.49. The number of esters is 1. The van der Waals surface area contributed by atoms with Crippen molar-refractivity contribution in [3.8, 4) is 0 Å². The van der Waals surface area contributed by atoms with Crippen molar-refractivity contribution in [2.75, 3.05) is 0 Å². The SMILES string of the molecule is CC(C)(C)OC(=O)c1ccc(CC(C(=O)O)C2(C(C)(C)C)C=CC(c3ccccc3)=CC2)cc1. The lowest BCUT2D eigenvalue weighted by molar-refractivity contribution is -0.148. The van der Waals surface area contributed by atoms with Gasteiger partial charge < -0.3 is 9.84 Å². The van der Waals surface area contributed by atoms with Crippen LogP contribution in [0.5, 0.6) is 0 Å². The van der Waals surface area contributed by atoms with Crippen LogP contribution >= 0.6 is 0 Å². The van der Waals surface area contributed by atoms with Crippen molar-refractivity contribution >= 4 is 17.5 Å². The number of benzene rings is 2. The molecule has 0 aromatic heterocycles. The quantitative estimate of drug-likeness (QED) is 0.473. The second-order valence-corrected chi connectivity index (χ2v) is 11.1. The topological polar surface area (TPSA) is 63.6 Å². The van der Waals surface area contributed by atoms with Gasteiger partial charge in [0, 0.05) is 5.41 Å². The van der Waals surface area contributed by atoms with Crippen molar-refractivity contribution in [2.24, 2.45) is 16.7 Å².